The van der Waals surface area contributed by atoms with E-state index in [0.29, 0.717) is 17.1 Å². The Morgan fingerprint density at radius 2 is 1.72 bits per heavy atom. The zero-order valence-corrected chi connectivity index (χ0v) is 16.2. The highest BCUT2D eigenvalue weighted by atomic mass is 16.6. The smallest absolute Gasteiger partial charge is 0.295 e. The minimum Gasteiger partial charge on any atom is -0.368 e. The predicted octanol–water partition coefficient (Wildman–Crippen LogP) is 2.83. The number of carbonyl (C=O) groups excluding carboxylic acids is 1. The SMILES string of the molecule is Cc1c(NC(C)C(=O)Nc2ccc([N+](=O)[O-])cc2)c(=O)n(-c2ccccc2)n1C. The fourth-order valence-electron chi connectivity index (χ4n) is 2.93. The number of nitrogens with one attached hydrogen (secondary N) is 2. The molecular weight excluding hydrogens is 374 g/mol. The molecule has 0 saturated carbocycles. The van der Waals surface area contributed by atoms with E-state index in [2.05, 4.69) is 10.6 Å². The monoisotopic (exact) mass is 395 g/mol. The molecule has 1 amide bonds. The molecule has 1 unspecified atom stereocenters. The zero-order valence-electron chi connectivity index (χ0n) is 16.2. The van der Waals surface area contributed by atoms with Crippen LogP contribution in [0.4, 0.5) is 17.1 Å². The molecule has 1 atom stereocenters. The average molecular weight is 395 g/mol. The molecule has 0 bridgehead atoms. The van der Waals surface area contributed by atoms with E-state index in [-0.39, 0.29) is 17.2 Å². The van der Waals surface area contributed by atoms with E-state index >= 15 is 0 Å². The van der Waals surface area contributed by atoms with Crippen LogP contribution in [0.15, 0.2) is 59.4 Å². The molecule has 0 spiro atoms. The van der Waals surface area contributed by atoms with Crippen LogP contribution < -0.4 is 16.2 Å². The first-order valence-corrected chi connectivity index (χ1v) is 8.95. The van der Waals surface area contributed by atoms with Crippen LogP contribution >= 0.6 is 0 Å². The first kappa shape index (κ1) is 19.9. The summed E-state index contributed by atoms with van der Waals surface area (Å²) in [5, 5.41) is 16.4. The van der Waals surface area contributed by atoms with E-state index in [1.54, 1.807) is 25.6 Å². The molecule has 1 heterocycles. The minimum atomic E-state index is -0.705. The number of carbonyl (C=O) groups is 1. The summed E-state index contributed by atoms with van der Waals surface area (Å²) in [5.74, 6) is -0.368. The lowest BCUT2D eigenvalue weighted by Crippen LogP contribution is -2.34. The third kappa shape index (κ3) is 4.03. The minimum absolute atomic E-state index is 0.0597. The summed E-state index contributed by atoms with van der Waals surface area (Å²) in [4.78, 5) is 35.6. The van der Waals surface area contributed by atoms with Crippen LogP contribution in [0.5, 0.6) is 0 Å². The van der Waals surface area contributed by atoms with Crippen LogP contribution in [0, 0.1) is 17.0 Å². The van der Waals surface area contributed by atoms with E-state index in [1.807, 2.05) is 30.3 Å². The van der Waals surface area contributed by atoms with E-state index < -0.39 is 11.0 Å². The van der Waals surface area contributed by atoms with Crippen LogP contribution in [0.1, 0.15) is 12.6 Å². The van der Waals surface area contributed by atoms with E-state index in [9.17, 15) is 19.7 Å². The highest BCUT2D eigenvalue weighted by Gasteiger charge is 2.21. The standard InChI is InChI=1S/C20H21N5O4/c1-13(19(26)22-15-9-11-17(12-10-15)25(28)29)21-18-14(2)23(3)24(20(18)27)16-7-5-4-6-8-16/h4-13,21H,1-3H3,(H,22,26). The number of anilines is 2. The van der Waals surface area contributed by atoms with Gasteiger partial charge in [0.2, 0.25) is 5.91 Å². The Bertz CT molecular complexity index is 1100. The highest BCUT2D eigenvalue weighted by Crippen LogP contribution is 2.17. The number of hydrogen-bond donors (Lipinski definition) is 2. The number of rotatable bonds is 6. The molecule has 0 aliphatic rings. The second-order valence-electron chi connectivity index (χ2n) is 6.60. The van der Waals surface area contributed by atoms with Crippen LogP contribution in [0.25, 0.3) is 5.69 Å². The van der Waals surface area contributed by atoms with Crippen molar-refractivity contribution in [2.75, 3.05) is 10.6 Å². The summed E-state index contributed by atoms with van der Waals surface area (Å²) in [7, 11) is 1.77. The predicted molar refractivity (Wildman–Crippen MR) is 111 cm³/mol. The Balaban J connectivity index is 1.78. The van der Waals surface area contributed by atoms with Gasteiger partial charge in [-0.3, -0.25) is 24.4 Å². The van der Waals surface area contributed by atoms with Crippen molar-refractivity contribution in [3.63, 3.8) is 0 Å². The molecule has 3 aromatic rings. The molecule has 2 N–H and O–H groups in total. The fourth-order valence-corrected chi connectivity index (χ4v) is 2.93. The average Bonchev–Trinajstić information content (AvgIpc) is 2.92. The maximum Gasteiger partial charge on any atom is 0.295 e. The summed E-state index contributed by atoms with van der Waals surface area (Å²) >= 11 is 0. The van der Waals surface area contributed by atoms with Gasteiger partial charge in [0.15, 0.2) is 0 Å². The Morgan fingerprint density at radius 3 is 2.31 bits per heavy atom. The molecule has 29 heavy (non-hydrogen) atoms. The number of nitro groups is 1. The first-order chi connectivity index (χ1) is 13.8. The first-order valence-electron chi connectivity index (χ1n) is 8.95. The molecule has 3 rings (SSSR count). The van der Waals surface area contributed by atoms with Gasteiger partial charge >= 0.3 is 0 Å². The Morgan fingerprint density at radius 1 is 1.10 bits per heavy atom. The Hall–Kier alpha value is -3.88. The summed E-state index contributed by atoms with van der Waals surface area (Å²) in [6.45, 7) is 3.43. The Kier molecular flexibility index (Phi) is 5.49. The molecule has 0 aliphatic heterocycles. The number of nitrogens with zero attached hydrogens (tertiary/aromatic N) is 3. The van der Waals surface area contributed by atoms with E-state index in [0.717, 1.165) is 5.69 Å². The van der Waals surface area contributed by atoms with Crippen molar-refractivity contribution >= 4 is 23.0 Å². The summed E-state index contributed by atoms with van der Waals surface area (Å²) in [6.07, 6.45) is 0. The zero-order chi connectivity index (χ0) is 21.1. The number of benzene rings is 2. The molecule has 0 fully saturated rings. The normalized spacial score (nSPS) is 11.7. The summed E-state index contributed by atoms with van der Waals surface area (Å²) in [5.41, 5.74) is 1.86. The van der Waals surface area contributed by atoms with Crippen molar-refractivity contribution in [3.05, 3.63) is 80.8 Å². The summed E-state index contributed by atoms with van der Waals surface area (Å²) < 4.78 is 3.25. The van der Waals surface area contributed by atoms with Gasteiger partial charge in [0.1, 0.15) is 11.7 Å². The van der Waals surface area contributed by atoms with Gasteiger partial charge in [-0.1, -0.05) is 18.2 Å². The second kappa shape index (κ2) is 8.01. The highest BCUT2D eigenvalue weighted by molar-refractivity contribution is 5.96. The van der Waals surface area contributed by atoms with Gasteiger partial charge in [0, 0.05) is 24.9 Å². The summed E-state index contributed by atoms with van der Waals surface area (Å²) in [6, 6.07) is 14.1. The molecule has 9 nitrogen and oxygen atoms in total. The largest absolute Gasteiger partial charge is 0.368 e. The molecule has 1 aromatic heterocycles. The number of non-ortho nitro benzene ring substituents is 1. The van der Waals surface area contributed by atoms with Crippen LogP contribution in [-0.2, 0) is 11.8 Å². The topological polar surface area (TPSA) is 111 Å². The maximum atomic E-state index is 12.9. The number of nitro benzene ring substituents is 1. The Labute approximate surface area is 166 Å². The van der Waals surface area contributed by atoms with Crippen molar-refractivity contribution in [1.82, 2.24) is 9.36 Å². The van der Waals surface area contributed by atoms with Crippen molar-refractivity contribution in [3.8, 4) is 5.69 Å². The van der Waals surface area contributed by atoms with Crippen molar-refractivity contribution < 1.29 is 9.72 Å². The van der Waals surface area contributed by atoms with Gasteiger partial charge in [-0.25, -0.2) is 4.68 Å². The molecule has 0 radical (unpaired) electrons. The van der Waals surface area contributed by atoms with Gasteiger partial charge in [0.05, 0.1) is 16.3 Å². The van der Waals surface area contributed by atoms with Gasteiger partial charge in [-0.15, -0.1) is 0 Å². The lowest BCUT2D eigenvalue weighted by Gasteiger charge is -2.14. The van der Waals surface area contributed by atoms with Crippen molar-refractivity contribution in [2.24, 2.45) is 7.05 Å². The lowest BCUT2D eigenvalue weighted by atomic mass is 10.2. The van der Waals surface area contributed by atoms with Crippen molar-refractivity contribution in [2.45, 2.75) is 19.9 Å². The quantitative estimate of drug-likeness (QED) is 0.492. The third-order valence-electron chi connectivity index (χ3n) is 4.65. The van der Waals surface area contributed by atoms with Gasteiger partial charge < -0.3 is 10.6 Å². The fraction of sp³-hybridized carbons (Fsp3) is 0.200. The van der Waals surface area contributed by atoms with Crippen LogP contribution in [0.3, 0.4) is 0 Å². The van der Waals surface area contributed by atoms with Crippen LogP contribution in [0.2, 0.25) is 0 Å². The van der Waals surface area contributed by atoms with Gasteiger partial charge in [-0.05, 0) is 38.1 Å². The third-order valence-corrected chi connectivity index (χ3v) is 4.65. The second-order valence-corrected chi connectivity index (χ2v) is 6.60. The molecular formula is C20H21N5O4. The maximum absolute atomic E-state index is 12.9. The lowest BCUT2D eigenvalue weighted by molar-refractivity contribution is -0.384. The molecule has 150 valence electrons. The molecule has 0 saturated heterocycles. The number of amides is 1. The molecule has 9 heteroatoms. The van der Waals surface area contributed by atoms with Gasteiger partial charge in [-0.2, -0.15) is 0 Å². The molecule has 2 aromatic carbocycles. The number of para-hydroxylation sites is 1. The molecule has 0 aliphatic carbocycles. The number of hydrogen-bond acceptors (Lipinski definition) is 5. The van der Waals surface area contributed by atoms with E-state index in [1.165, 1.54) is 28.9 Å². The van der Waals surface area contributed by atoms with Crippen LogP contribution in [-0.4, -0.2) is 26.2 Å². The van der Waals surface area contributed by atoms with Gasteiger partial charge in [0.25, 0.3) is 11.2 Å². The van der Waals surface area contributed by atoms with E-state index in [4.69, 9.17) is 0 Å². The number of aromatic nitrogens is 2. The van der Waals surface area contributed by atoms with Crippen molar-refractivity contribution in [1.29, 1.82) is 0 Å².